The molecule has 6 heteroatoms. The van der Waals surface area contributed by atoms with E-state index in [9.17, 15) is 14.4 Å². The summed E-state index contributed by atoms with van der Waals surface area (Å²) < 4.78 is 4.70. The van der Waals surface area contributed by atoms with Gasteiger partial charge in [0.05, 0.1) is 13.2 Å². The van der Waals surface area contributed by atoms with Crippen molar-refractivity contribution in [2.75, 3.05) is 14.2 Å². The number of nitrogens with one attached hydrogen (secondary N) is 1. The minimum Gasteiger partial charge on any atom is -0.464 e. The molecule has 1 aromatic rings. The third-order valence-corrected chi connectivity index (χ3v) is 3.88. The molecule has 1 aromatic heterocycles. The Bertz CT molecular complexity index is 602. The van der Waals surface area contributed by atoms with Crippen LogP contribution >= 0.6 is 0 Å². The Morgan fingerprint density at radius 2 is 1.68 bits per heavy atom. The standard InChI is InChI=1S/C16H24N2O4/c1-8(2)15(20)18(6)11(5)14(19)12-9(3)13(16(21)22-7)17-10(12)4/h8,11,17H,1-7H3. The first-order chi connectivity index (χ1) is 10.1. The minimum absolute atomic E-state index is 0.0973. The Morgan fingerprint density at radius 1 is 1.14 bits per heavy atom. The van der Waals surface area contributed by atoms with Gasteiger partial charge in [0.2, 0.25) is 5.91 Å². The lowest BCUT2D eigenvalue weighted by Crippen LogP contribution is -2.42. The van der Waals surface area contributed by atoms with Gasteiger partial charge in [0, 0.05) is 24.2 Å². The molecule has 1 N–H and O–H groups in total. The molecule has 6 nitrogen and oxygen atoms in total. The number of likely N-dealkylation sites (N-methyl/N-ethyl adjacent to an activating group) is 1. The second kappa shape index (κ2) is 6.77. The third kappa shape index (κ3) is 3.21. The summed E-state index contributed by atoms with van der Waals surface area (Å²) in [5.74, 6) is -0.990. The first-order valence-electron chi connectivity index (χ1n) is 7.21. The lowest BCUT2D eigenvalue weighted by molar-refractivity contribution is -0.134. The largest absolute Gasteiger partial charge is 0.464 e. The maximum Gasteiger partial charge on any atom is 0.354 e. The number of aromatic nitrogens is 1. The van der Waals surface area contributed by atoms with Gasteiger partial charge in [-0.05, 0) is 26.3 Å². The molecule has 122 valence electrons. The van der Waals surface area contributed by atoms with E-state index in [1.165, 1.54) is 12.0 Å². The normalized spacial score (nSPS) is 12.2. The van der Waals surface area contributed by atoms with Crippen LogP contribution < -0.4 is 0 Å². The van der Waals surface area contributed by atoms with Crippen LogP contribution in [-0.4, -0.2) is 47.7 Å². The Labute approximate surface area is 130 Å². The molecule has 0 aromatic carbocycles. The molecule has 0 aliphatic heterocycles. The highest BCUT2D eigenvalue weighted by atomic mass is 16.5. The molecular weight excluding hydrogens is 284 g/mol. The van der Waals surface area contributed by atoms with E-state index in [0.717, 1.165) is 0 Å². The topological polar surface area (TPSA) is 79.5 Å². The molecule has 1 amide bonds. The fraction of sp³-hybridized carbons (Fsp3) is 0.562. The summed E-state index contributed by atoms with van der Waals surface area (Å²) in [5, 5.41) is 0. The number of Topliss-reactive ketones (excluding diaryl/α,β-unsaturated/α-hetero) is 1. The van der Waals surface area contributed by atoms with Gasteiger partial charge in [-0.25, -0.2) is 4.79 Å². The summed E-state index contributed by atoms with van der Waals surface area (Å²) in [6.07, 6.45) is 0. The fourth-order valence-corrected chi connectivity index (χ4v) is 2.41. The second-order valence-electron chi connectivity index (χ2n) is 5.76. The molecule has 0 saturated carbocycles. The number of carbonyl (C=O) groups excluding carboxylic acids is 3. The van der Waals surface area contributed by atoms with Crippen molar-refractivity contribution in [2.24, 2.45) is 5.92 Å². The van der Waals surface area contributed by atoms with Crippen LogP contribution in [0.3, 0.4) is 0 Å². The third-order valence-electron chi connectivity index (χ3n) is 3.88. The number of hydrogen-bond acceptors (Lipinski definition) is 4. The number of nitrogens with zero attached hydrogens (tertiary/aromatic N) is 1. The predicted molar refractivity (Wildman–Crippen MR) is 83.0 cm³/mol. The Kier molecular flexibility index (Phi) is 5.52. The van der Waals surface area contributed by atoms with E-state index in [2.05, 4.69) is 4.98 Å². The maximum absolute atomic E-state index is 12.7. The number of methoxy groups -OCH3 is 1. The lowest BCUT2D eigenvalue weighted by atomic mass is 9.99. The van der Waals surface area contributed by atoms with Gasteiger partial charge in [-0.15, -0.1) is 0 Å². The van der Waals surface area contributed by atoms with E-state index in [-0.39, 0.29) is 23.3 Å². The number of ether oxygens (including phenoxy) is 1. The van der Waals surface area contributed by atoms with Crippen LogP contribution in [0.1, 0.15) is 52.9 Å². The van der Waals surface area contributed by atoms with Crippen LogP contribution in [-0.2, 0) is 9.53 Å². The summed E-state index contributed by atoms with van der Waals surface area (Å²) in [6.45, 7) is 8.69. The Balaban J connectivity index is 3.16. The van der Waals surface area contributed by atoms with Gasteiger partial charge in [0.15, 0.2) is 5.78 Å². The molecule has 1 atom stereocenters. The average Bonchev–Trinajstić information content (AvgIpc) is 2.78. The number of aryl methyl sites for hydroxylation is 1. The summed E-state index contributed by atoms with van der Waals surface area (Å²) in [6, 6.07) is -0.603. The van der Waals surface area contributed by atoms with Crippen molar-refractivity contribution in [1.82, 2.24) is 9.88 Å². The van der Waals surface area contributed by atoms with Crippen molar-refractivity contribution in [3.8, 4) is 0 Å². The van der Waals surface area contributed by atoms with Crippen molar-refractivity contribution >= 4 is 17.7 Å². The minimum atomic E-state index is -0.603. The van der Waals surface area contributed by atoms with Gasteiger partial charge in [-0.1, -0.05) is 13.8 Å². The number of ketones is 1. The number of aromatic amines is 1. The molecule has 0 aliphatic carbocycles. The van der Waals surface area contributed by atoms with E-state index >= 15 is 0 Å². The highest BCUT2D eigenvalue weighted by Gasteiger charge is 2.29. The zero-order chi connectivity index (χ0) is 17.2. The number of amides is 1. The number of hydrogen-bond donors (Lipinski definition) is 1. The number of rotatable bonds is 5. The van der Waals surface area contributed by atoms with Gasteiger partial charge < -0.3 is 14.6 Å². The molecule has 0 bridgehead atoms. The van der Waals surface area contributed by atoms with Gasteiger partial charge in [0.25, 0.3) is 0 Å². The van der Waals surface area contributed by atoms with Crippen LogP contribution in [0.2, 0.25) is 0 Å². The van der Waals surface area contributed by atoms with Crippen molar-refractivity contribution < 1.29 is 19.1 Å². The summed E-state index contributed by atoms with van der Waals surface area (Å²) in [7, 11) is 2.90. The van der Waals surface area contributed by atoms with E-state index in [1.807, 2.05) is 0 Å². The summed E-state index contributed by atoms with van der Waals surface area (Å²) in [4.78, 5) is 40.8. The maximum atomic E-state index is 12.7. The average molecular weight is 308 g/mol. The van der Waals surface area contributed by atoms with E-state index in [4.69, 9.17) is 4.74 Å². The first-order valence-corrected chi connectivity index (χ1v) is 7.21. The van der Waals surface area contributed by atoms with Gasteiger partial charge in [-0.2, -0.15) is 0 Å². The molecule has 22 heavy (non-hydrogen) atoms. The van der Waals surface area contributed by atoms with Crippen molar-refractivity contribution in [1.29, 1.82) is 0 Å². The predicted octanol–water partition coefficient (Wildman–Crippen LogP) is 2.10. The fourth-order valence-electron chi connectivity index (χ4n) is 2.41. The lowest BCUT2D eigenvalue weighted by Gasteiger charge is -2.25. The Morgan fingerprint density at radius 3 is 2.14 bits per heavy atom. The second-order valence-corrected chi connectivity index (χ2v) is 5.76. The van der Waals surface area contributed by atoms with Crippen molar-refractivity contribution in [3.63, 3.8) is 0 Å². The van der Waals surface area contributed by atoms with Crippen LogP contribution in [0.15, 0.2) is 0 Å². The van der Waals surface area contributed by atoms with Crippen LogP contribution in [0.5, 0.6) is 0 Å². The van der Waals surface area contributed by atoms with Crippen molar-refractivity contribution in [2.45, 2.75) is 40.7 Å². The Hall–Kier alpha value is -2.11. The van der Waals surface area contributed by atoms with E-state index in [1.54, 1.807) is 41.7 Å². The highest BCUT2D eigenvalue weighted by Crippen LogP contribution is 2.22. The van der Waals surface area contributed by atoms with Crippen molar-refractivity contribution in [3.05, 3.63) is 22.5 Å². The molecule has 0 radical (unpaired) electrons. The molecule has 0 saturated heterocycles. The number of carbonyl (C=O) groups is 3. The van der Waals surface area contributed by atoms with Crippen LogP contribution in [0, 0.1) is 19.8 Å². The molecule has 0 spiro atoms. The zero-order valence-corrected chi connectivity index (χ0v) is 14.2. The zero-order valence-electron chi connectivity index (χ0n) is 14.2. The van der Waals surface area contributed by atoms with E-state index < -0.39 is 12.0 Å². The molecule has 1 rings (SSSR count). The van der Waals surface area contributed by atoms with Crippen LogP contribution in [0.4, 0.5) is 0 Å². The van der Waals surface area contributed by atoms with Gasteiger partial charge in [0.1, 0.15) is 5.69 Å². The van der Waals surface area contributed by atoms with Gasteiger partial charge in [-0.3, -0.25) is 9.59 Å². The highest BCUT2D eigenvalue weighted by molar-refractivity contribution is 6.06. The molecule has 0 aliphatic rings. The molecule has 1 unspecified atom stereocenters. The quantitative estimate of drug-likeness (QED) is 0.667. The first kappa shape index (κ1) is 17.9. The van der Waals surface area contributed by atoms with E-state index in [0.29, 0.717) is 16.8 Å². The number of H-pyrrole nitrogens is 1. The summed E-state index contributed by atoms with van der Waals surface area (Å²) in [5.41, 5.74) is 1.86. The molecular formula is C16H24N2O4. The monoisotopic (exact) mass is 308 g/mol. The summed E-state index contributed by atoms with van der Waals surface area (Å²) >= 11 is 0. The smallest absolute Gasteiger partial charge is 0.354 e. The number of esters is 1. The van der Waals surface area contributed by atoms with Gasteiger partial charge >= 0.3 is 5.97 Å². The molecule has 1 heterocycles. The SMILES string of the molecule is COC(=O)c1[nH]c(C)c(C(=O)C(C)N(C)C(=O)C(C)C)c1C. The van der Waals surface area contributed by atoms with Crippen LogP contribution in [0.25, 0.3) is 0 Å². The molecule has 0 fully saturated rings.